The molecule has 0 aromatic heterocycles. The molecule has 1 aliphatic rings. The van der Waals surface area contributed by atoms with E-state index in [1.807, 2.05) is 19.9 Å². The molecule has 0 aliphatic carbocycles. The Hall–Kier alpha value is -1.76. The summed E-state index contributed by atoms with van der Waals surface area (Å²) in [6.07, 6.45) is 4.88. The second kappa shape index (κ2) is 5.53. The summed E-state index contributed by atoms with van der Waals surface area (Å²) in [4.78, 5) is 11.5. The second-order valence-electron chi connectivity index (χ2n) is 4.29. The number of nitriles is 1. The van der Waals surface area contributed by atoms with Gasteiger partial charge in [-0.25, -0.2) is 4.79 Å². The molecule has 0 aromatic carbocycles. The van der Waals surface area contributed by atoms with Crippen molar-refractivity contribution in [3.63, 3.8) is 0 Å². The van der Waals surface area contributed by atoms with Crippen molar-refractivity contribution in [2.75, 3.05) is 6.61 Å². The minimum Gasteiger partial charge on any atom is -0.491 e. The summed E-state index contributed by atoms with van der Waals surface area (Å²) < 4.78 is 10.3. The van der Waals surface area contributed by atoms with E-state index in [1.165, 1.54) is 0 Å². The van der Waals surface area contributed by atoms with Gasteiger partial charge in [0, 0.05) is 0 Å². The molecule has 0 bridgehead atoms. The van der Waals surface area contributed by atoms with Crippen LogP contribution < -0.4 is 0 Å². The Morgan fingerprint density at radius 2 is 2.47 bits per heavy atom. The Labute approximate surface area is 102 Å². The van der Waals surface area contributed by atoms with E-state index in [-0.39, 0.29) is 12.2 Å². The summed E-state index contributed by atoms with van der Waals surface area (Å²) in [6, 6.07) is 1.86. The number of ether oxygens (including phenoxy) is 2. The third kappa shape index (κ3) is 3.63. The molecule has 1 aliphatic heterocycles. The van der Waals surface area contributed by atoms with Gasteiger partial charge in [-0.05, 0) is 45.3 Å². The van der Waals surface area contributed by atoms with E-state index in [1.54, 1.807) is 19.3 Å². The average molecular weight is 235 g/mol. The molecule has 4 nitrogen and oxygen atoms in total. The molecule has 0 N–H and O–H groups in total. The van der Waals surface area contributed by atoms with E-state index in [2.05, 4.69) is 0 Å². The van der Waals surface area contributed by atoms with Crippen LogP contribution in [0.4, 0.5) is 0 Å². The molecule has 0 saturated heterocycles. The van der Waals surface area contributed by atoms with Crippen LogP contribution in [0.2, 0.25) is 0 Å². The zero-order valence-electron chi connectivity index (χ0n) is 10.4. The zero-order chi connectivity index (χ0) is 12.9. The van der Waals surface area contributed by atoms with Crippen LogP contribution in [0.5, 0.6) is 0 Å². The minimum atomic E-state index is -0.600. The molecule has 1 heterocycles. The quantitative estimate of drug-likeness (QED) is 0.428. The molecule has 0 saturated carbocycles. The van der Waals surface area contributed by atoms with Crippen LogP contribution in [0.3, 0.4) is 0 Å². The number of hydrogen-bond donors (Lipinski definition) is 0. The number of esters is 1. The van der Waals surface area contributed by atoms with Crippen molar-refractivity contribution in [2.24, 2.45) is 0 Å². The molecule has 17 heavy (non-hydrogen) atoms. The predicted molar refractivity (Wildman–Crippen MR) is 62.8 cm³/mol. The van der Waals surface area contributed by atoms with Gasteiger partial charge < -0.3 is 9.47 Å². The van der Waals surface area contributed by atoms with Gasteiger partial charge >= 0.3 is 5.97 Å². The van der Waals surface area contributed by atoms with Crippen molar-refractivity contribution < 1.29 is 14.3 Å². The van der Waals surface area contributed by atoms with Crippen molar-refractivity contribution in [1.82, 2.24) is 0 Å². The van der Waals surface area contributed by atoms with Crippen molar-refractivity contribution in [2.45, 2.75) is 39.2 Å². The van der Waals surface area contributed by atoms with Gasteiger partial charge in [0.25, 0.3) is 0 Å². The number of allylic oxidation sites excluding steroid dienone is 1. The molecule has 0 spiro atoms. The highest BCUT2D eigenvalue weighted by atomic mass is 16.5. The fourth-order valence-electron chi connectivity index (χ4n) is 1.56. The monoisotopic (exact) mass is 235 g/mol. The molecule has 0 amide bonds. The van der Waals surface area contributed by atoms with Gasteiger partial charge in [0.15, 0.2) is 0 Å². The second-order valence-corrected chi connectivity index (χ2v) is 4.29. The molecular weight excluding hydrogens is 218 g/mol. The van der Waals surface area contributed by atoms with Gasteiger partial charge in [0.05, 0.1) is 12.9 Å². The molecule has 0 unspecified atom stereocenters. The largest absolute Gasteiger partial charge is 0.491 e. The average Bonchev–Trinajstić information content (AvgIpc) is 2.31. The molecule has 4 heteroatoms. The Morgan fingerprint density at radius 1 is 1.76 bits per heavy atom. The first-order valence-electron chi connectivity index (χ1n) is 5.64. The fourth-order valence-corrected chi connectivity index (χ4v) is 1.56. The highest BCUT2D eigenvalue weighted by Crippen LogP contribution is 2.28. The third-order valence-corrected chi connectivity index (χ3v) is 2.61. The maximum absolute atomic E-state index is 11.5. The predicted octanol–water partition coefficient (Wildman–Crippen LogP) is 2.47. The first kappa shape index (κ1) is 13.3. The summed E-state index contributed by atoms with van der Waals surface area (Å²) in [5, 5.41) is 8.93. The van der Waals surface area contributed by atoms with Crippen LogP contribution in [0.15, 0.2) is 23.5 Å². The summed E-state index contributed by atoms with van der Waals surface area (Å²) >= 11 is 0. The number of hydrogen-bond acceptors (Lipinski definition) is 4. The van der Waals surface area contributed by atoms with Gasteiger partial charge in [0.1, 0.15) is 17.2 Å². The smallest absolute Gasteiger partial charge is 0.348 e. The van der Waals surface area contributed by atoms with Crippen molar-refractivity contribution in [1.29, 1.82) is 5.26 Å². The van der Waals surface area contributed by atoms with Crippen LogP contribution in [0, 0.1) is 11.3 Å². The number of carbonyl (C=O) groups excluding carboxylic acids is 1. The van der Waals surface area contributed by atoms with Gasteiger partial charge in [-0.1, -0.05) is 0 Å². The normalized spacial score (nSPS) is 24.4. The van der Waals surface area contributed by atoms with Gasteiger partial charge in [-0.2, -0.15) is 5.26 Å². The maximum Gasteiger partial charge on any atom is 0.348 e. The van der Waals surface area contributed by atoms with Crippen LogP contribution in [0.1, 0.15) is 33.6 Å². The number of nitrogens with zero attached hydrogens (tertiary/aromatic N) is 1. The molecule has 0 fully saturated rings. The first-order chi connectivity index (χ1) is 8.00. The molecule has 1 atom stereocenters. The molecule has 92 valence electrons. The first-order valence-corrected chi connectivity index (χ1v) is 5.64. The van der Waals surface area contributed by atoms with Gasteiger partial charge in [-0.3, -0.25) is 0 Å². The fraction of sp³-hybridized carbons (Fsp3) is 0.538. The van der Waals surface area contributed by atoms with Crippen LogP contribution in [-0.2, 0) is 14.3 Å². The molecule has 0 aromatic rings. The topological polar surface area (TPSA) is 59.3 Å². The molecule has 1 rings (SSSR count). The standard InChI is InChI=1S/C13H17NO3/c1-4-16-12(15)11(8-14)7-13(3)6-5-10(2)9-17-13/h7,9H,4-6H2,1-3H3/b11-7+/t13-/m0/s1. The lowest BCUT2D eigenvalue weighted by Gasteiger charge is -2.30. The Bertz CT molecular complexity index is 403. The minimum absolute atomic E-state index is 0.00213. The summed E-state index contributed by atoms with van der Waals surface area (Å²) in [5.41, 5.74) is 0.560. The molecule has 0 radical (unpaired) electrons. The SMILES string of the molecule is CCOC(=O)/C(C#N)=C/[C@]1(C)CCC(C)=CO1. The van der Waals surface area contributed by atoms with Gasteiger partial charge in [0.2, 0.25) is 0 Å². The maximum atomic E-state index is 11.5. The van der Waals surface area contributed by atoms with E-state index >= 15 is 0 Å². The summed E-state index contributed by atoms with van der Waals surface area (Å²) in [5.74, 6) is -0.592. The van der Waals surface area contributed by atoms with E-state index < -0.39 is 11.6 Å². The van der Waals surface area contributed by atoms with Crippen molar-refractivity contribution in [3.8, 4) is 6.07 Å². The lowest BCUT2D eigenvalue weighted by atomic mass is 9.93. The Balaban J connectivity index is 2.85. The van der Waals surface area contributed by atoms with E-state index in [0.717, 1.165) is 18.4 Å². The summed E-state index contributed by atoms with van der Waals surface area (Å²) in [7, 11) is 0. The lowest BCUT2D eigenvalue weighted by Crippen LogP contribution is -2.28. The third-order valence-electron chi connectivity index (χ3n) is 2.61. The number of carbonyl (C=O) groups is 1. The van der Waals surface area contributed by atoms with Crippen LogP contribution in [0.25, 0.3) is 0 Å². The van der Waals surface area contributed by atoms with Crippen LogP contribution in [-0.4, -0.2) is 18.2 Å². The lowest BCUT2D eigenvalue weighted by molar-refractivity contribution is -0.138. The Kier molecular flexibility index (Phi) is 4.33. The Morgan fingerprint density at radius 3 is 2.94 bits per heavy atom. The van der Waals surface area contributed by atoms with E-state index in [4.69, 9.17) is 14.7 Å². The highest BCUT2D eigenvalue weighted by molar-refractivity contribution is 5.92. The summed E-state index contributed by atoms with van der Waals surface area (Å²) in [6.45, 7) is 5.80. The van der Waals surface area contributed by atoms with E-state index in [9.17, 15) is 4.79 Å². The zero-order valence-corrected chi connectivity index (χ0v) is 10.4. The highest BCUT2D eigenvalue weighted by Gasteiger charge is 2.28. The molecular formula is C13H17NO3. The van der Waals surface area contributed by atoms with Gasteiger partial charge in [-0.15, -0.1) is 0 Å². The van der Waals surface area contributed by atoms with E-state index in [0.29, 0.717) is 0 Å². The van der Waals surface area contributed by atoms with Crippen molar-refractivity contribution in [3.05, 3.63) is 23.5 Å². The van der Waals surface area contributed by atoms with Crippen LogP contribution >= 0.6 is 0 Å². The number of rotatable bonds is 3. The van der Waals surface area contributed by atoms with Crippen molar-refractivity contribution >= 4 is 5.97 Å².